The second-order valence-electron chi connectivity index (χ2n) is 9.80. The van der Waals surface area contributed by atoms with E-state index in [0.717, 1.165) is 11.1 Å². The van der Waals surface area contributed by atoms with Crippen molar-refractivity contribution in [2.45, 2.75) is 17.5 Å². The maximum atomic E-state index is 14.6. The van der Waals surface area contributed by atoms with Crippen molar-refractivity contribution in [2.24, 2.45) is 5.92 Å². The van der Waals surface area contributed by atoms with Crippen LogP contribution < -0.4 is 5.32 Å². The van der Waals surface area contributed by atoms with E-state index in [1.807, 2.05) is 65.7 Å². The molecule has 1 saturated heterocycles. The summed E-state index contributed by atoms with van der Waals surface area (Å²) < 4.78 is 5.52. The van der Waals surface area contributed by atoms with Gasteiger partial charge in [0.1, 0.15) is 11.5 Å². The Bertz CT molecular complexity index is 1640. The zero-order valence-corrected chi connectivity index (χ0v) is 20.8. The Morgan fingerprint density at radius 1 is 0.895 bits per heavy atom. The van der Waals surface area contributed by atoms with Gasteiger partial charge in [0.2, 0.25) is 11.7 Å². The van der Waals surface area contributed by atoms with Crippen LogP contribution >= 0.6 is 11.6 Å². The van der Waals surface area contributed by atoms with Gasteiger partial charge < -0.3 is 14.6 Å². The third-order valence-electron chi connectivity index (χ3n) is 8.01. The van der Waals surface area contributed by atoms with E-state index >= 15 is 0 Å². The first-order valence-electron chi connectivity index (χ1n) is 12.3. The second-order valence-corrected chi connectivity index (χ2v) is 10.2. The molecule has 1 aromatic heterocycles. The minimum Gasteiger partial charge on any atom is -0.461 e. The number of hydrogen-bond donors (Lipinski definition) is 1. The van der Waals surface area contributed by atoms with Crippen molar-refractivity contribution in [3.05, 3.63) is 130 Å². The van der Waals surface area contributed by atoms with Crippen molar-refractivity contribution in [1.29, 1.82) is 0 Å². The summed E-state index contributed by atoms with van der Waals surface area (Å²) in [5.41, 5.74) is 2.17. The van der Waals surface area contributed by atoms with Crippen molar-refractivity contribution >= 4 is 40.8 Å². The number of para-hydroxylation sites is 1. The van der Waals surface area contributed by atoms with E-state index in [2.05, 4.69) is 5.32 Å². The molecule has 7 rings (SSSR count). The Morgan fingerprint density at radius 2 is 1.66 bits per heavy atom. The minimum absolute atomic E-state index is 0.138. The van der Waals surface area contributed by atoms with Crippen LogP contribution in [0.5, 0.6) is 0 Å². The molecule has 0 bridgehead atoms. The van der Waals surface area contributed by atoms with Crippen LogP contribution in [0.15, 0.2) is 102 Å². The number of nitrogens with one attached hydrogen (secondary N) is 1. The fourth-order valence-electron chi connectivity index (χ4n) is 6.53. The Kier molecular flexibility index (Phi) is 4.97. The largest absolute Gasteiger partial charge is 0.461 e. The lowest BCUT2D eigenvalue weighted by molar-refractivity contribution is -0.122. The van der Waals surface area contributed by atoms with Gasteiger partial charge in [-0.25, -0.2) is 0 Å². The first-order chi connectivity index (χ1) is 18.5. The van der Waals surface area contributed by atoms with Gasteiger partial charge >= 0.3 is 0 Å². The molecule has 3 aliphatic rings. The molecule has 0 saturated carbocycles. The molecule has 4 atom stereocenters. The van der Waals surface area contributed by atoms with E-state index in [4.69, 9.17) is 16.0 Å². The predicted molar refractivity (Wildman–Crippen MR) is 143 cm³/mol. The van der Waals surface area contributed by atoms with E-state index in [9.17, 15) is 14.4 Å². The maximum Gasteiger partial charge on any atom is 0.238 e. The first kappa shape index (κ1) is 22.8. The Labute approximate surface area is 223 Å². The summed E-state index contributed by atoms with van der Waals surface area (Å²) in [6, 6.07) is 23.5. The van der Waals surface area contributed by atoms with Gasteiger partial charge in [-0.2, -0.15) is 0 Å². The fraction of sp³-hybridized carbons (Fsp3) is 0.129. The highest BCUT2D eigenvalue weighted by molar-refractivity contribution is 6.30. The number of furan rings is 1. The highest BCUT2D eigenvalue weighted by Gasteiger charge is 2.71. The van der Waals surface area contributed by atoms with Gasteiger partial charge in [-0.1, -0.05) is 54.1 Å². The highest BCUT2D eigenvalue weighted by atomic mass is 35.5. The summed E-state index contributed by atoms with van der Waals surface area (Å²) >= 11 is 6.13. The lowest BCUT2D eigenvalue weighted by Gasteiger charge is -2.38. The molecule has 7 heteroatoms. The molecule has 1 N–H and O–H groups in total. The third-order valence-corrected chi connectivity index (χ3v) is 8.27. The van der Waals surface area contributed by atoms with Gasteiger partial charge in [0.15, 0.2) is 11.5 Å². The number of benzene rings is 3. The Hall–Kier alpha value is -4.42. The van der Waals surface area contributed by atoms with Gasteiger partial charge in [0.25, 0.3) is 0 Å². The zero-order chi connectivity index (χ0) is 26.0. The molecule has 1 amide bonds. The molecule has 1 fully saturated rings. The SMILES string of the molecule is O=C(c1ccco1)[C@@H]1[C@H](C(=O)c2ccc(Cl)cc2)[C@@]2(C(=O)Nc3ccccc32)[C@@H]2c3ccccc3C=CN12. The number of carbonyl (C=O) groups is 3. The molecule has 0 radical (unpaired) electrons. The van der Waals surface area contributed by atoms with Gasteiger partial charge in [-0.15, -0.1) is 0 Å². The third kappa shape index (κ3) is 2.98. The predicted octanol–water partition coefficient (Wildman–Crippen LogP) is 5.91. The summed E-state index contributed by atoms with van der Waals surface area (Å²) in [6.07, 6.45) is 5.20. The van der Waals surface area contributed by atoms with Crippen molar-refractivity contribution in [3.63, 3.8) is 0 Å². The van der Waals surface area contributed by atoms with Crippen LogP contribution in [-0.2, 0) is 10.2 Å². The molecule has 0 aliphatic carbocycles. The van der Waals surface area contributed by atoms with E-state index in [1.54, 1.807) is 36.4 Å². The van der Waals surface area contributed by atoms with Crippen molar-refractivity contribution in [1.82, 2.24) is 4.90 Å². The van der Waals surface area contributed by atoms with Crippen LogP contribution in [0.3, 0.4) is 0 Å². The standard InChI is InChI=1S/C31H21ClN2O4/c32-20-13-11-19(12-14-20)27(35)25-26(28(36)24-10-5-17-38-24)34-16-15-18-6-1-2-7-21(18)29(34)31(25)22-8-3-4-9-23(22)33-30(31)37/h1-17,25-26,29H,(H,33,37)/t25-,26+,29+,31-/m1/s1. The normalized spacial score (nSPS) is 24.6. The van der Waals surface area contributed by atoms with E-state index in [1.165, 1.54) is 6.26 Å². The van der Waals surface area contributed by atoms with Crippen LogP contribution in [0, 0.1) is 5.92 Å². The number of carbonyl (C=O) groups excluding carboxylic acids is 3. The van der Waals surface area contributed by atoms with Gasteiger partial charge in [0.05, 0.1) is 18.2 Å². The molecule has 38 heavy (non-hydrogen) atoms. The van der Waals surface area contributed by atoms with Crippen LogP contribution in [0.4, 0.5) is 5.69 Å². The number of halogens is 1. The van der Waals surface area contributed by atoms with Crippen LogP contribution in [-0.4, -0.2) is 28.4 Å². The van der Waals surface area contributed by atoms with Crippen LogP contribution in [0.25, 0.3) is 6.08 Å². The van der Waals surface area contributed by atoms with Gasteiger partial charge in [-0.3, -0.25) is 14.4 Å². The smallest absolute Gasteiger partial charge is 0.238 e. The molecular formula is C31H21ClN2O4. The van der Waals surface area contributed by atoms with Crippen LogP contribution in [0.1, 0.15) is 43.6 Å². The molecule has 4 aromatic rings. The van der Waals surface area contributed by atoms with Gasteiger partial charge in [-0.05, 0) is 65.2 Å². The average Bonchev–Trinajstić information content (AvgIpc) is 3.65. The fourth-order valence-corrected chi connectivity index (χ4v) is 6.65. The Morgan fingerprint density at radius 3 is 2.45 bits per heavy atom. The van der Waals surface area contributed by atoms with E-state index < -0.39 is 23.4 Å². The number of anilines is 1. The quantitative estimate of drug-likeness (QED) is 0.338. The summed E-state index contributed by atoms with van der Waals surface area (Å²) in [6.45, 7) is 0. The number of Topliss-reactive ketones (excluding diaryl/α,β-unsaturated/α-hetero) is 2. The van der Waals surface area contributed by atoms with Crippen molar-refractivity contribution < 1.29 is 18.8 Å². The van der Waals surface area contributed by atoms with Crippen molar-refractivity contribution in [2.75, 3.05) is 5.32 Å². The Balaban J connectivity index is 1.55. The number of nitrogens with zero attached hydrogens (tertiary/aromatic N) is 1. The molecule has 6 nitrogen and oxygen atoms in total. The minimum atomic E-state index is -1.37. The zero-order valence-electron chi connectivity index (χ0n) is 20.0. The highest BCUT2D eigenvalue weighted by Crippen LogP contribution is 2.62. The molecule has 1 spiro atoms. The molecular weight excluding hydrogens is 500 g/mol. The van der Waals surface area contributed by atoms with Crippen molar-refractivity contribution in [3.8, 4) is 0 Å². The molecule has 0 unspecified atom stereocenters. The number of rotatable bonds is 4. The molecule has 3 aromatic carbocycles. The molecule has 3 aliphatic heterocycles. The summed E-state index contributed by atoms with van der Waals surface area (Å²) in [4.78, 5) is 44.9. The topological polar surface area (TPSA) is 79.6 Å². The number of ketones is 2. The van der Waals surface area contributed by atoms with Gasteiger partial charge in [0, 0.05) is 22.5 Å². The number of fused-ring (bicyclic) bond motifs is 6. The molecule has 4 heterocycles. The second kappa shape index (κ2) is 8.30. The first-order valence-corrected chi connectivity index (χ1v) is 12.7. The number of amides is 1. The monoisotopic (exact) mass is 520 g/mol. The van der Waals surface area contributed by atoms with Crippen LogP contribution in [0.2, 0.25) is 5.02 Å². The average molecular weight is 521 g/mol. The lowest BCUT2D eigenvalue weighted by atomic mass is 9.62. The number of hydrogen-bond acceptors (Lipinski definition) is 5. The molecule has 186 valence electrons. The summed E-state index contributed by atoms with van der Waals surface area (Å²) in [5.74, 6) is -1.88. The summed E-state index contributed by atoms with van der Waals surface area (Å²) in [7, 11) is 0. The van der Waals surface area contributed by atoms with E-state index in [0.29, 0.717) is 21.8 Å². The van der Waals surface area contributed by atoms with E-state index in [-0.39, 0.29) is 23.2 Å². The maximum absolute atomic E-state index is 14.6. The lowest BCUT2D eigenvalue weighted by Crippen LogP contribution is -2.49. The summed E-state index contributed by atoms with van der Waals surface area (Å²) in [5, 5.41) is 3.53.